The van der Waals surface area contributed by atoms with Crippen LogP contribution in [0.25, 0.3) is 16.7 Å². The van der Waals surface area contributed by atoms with E-state index in [1.54, 1.807) is 6.08 Å². The Balaban J connectivity index is 1.29. The predicted molar refractivity (Wildman–Crippen MR) is 205 cm³/mol. The number of allylic oxidation sites excluding steroid dienone is 11. The van der Waals surface area contributed by atoms with Crippen molar-refractivity contribution in [3.8, 4) is 11.1 Å². The van der Waals surface area contributed by atoms with E-state index < -0.39 is 0 Å². The highest BCUT2D eigenvalue weighted by Crippen LogP contribution is 2.56. The third-order valence-corrected chi connectivity index (χ3v) is 9.72. The second-order valence-electron chi connectivity index (χ2n) is 13.1. The Morgan fingerprint density at radius 2 is 1.54 bits per heavy atom. The molecular weight excluding hydrogens is 583 g/mol. The van der Waals surface area contributed by atoms with Gasteiger partial charge in [-0.3, -0.25) is 4.90 Å². The van der Waals surface area contributed by atoms with Crippen LogP contribution in [0.5, 0.6) is 0 Å². The molecule has 0 saturated carbocycles. The number of hydrogen-bond donors (Lipinski definition) is 1. The predicted octanol–water partition coefficient (Wildman–Crippen LogP) is 11.3. The van der Waals surface area contributed by atoms with Gasteiger partial charge in [0.2, 0.25) is 0 Å². The summed E-state index contributed by atoms with van der Waals surface area (Å²) >= 11 is 0. The summed E-state index contributed by atoms with van der Waals surface area (Å²) in [6.45, 7) is 15.4. The van der Waals surface area contributed by atoms with Crippen LogP contribution in [0.2, 0.25) is 0 Å². The first-order valence-corrected chi connectivity index (χ1v) is 16.6. The molecule has 3 heteroatoms. The number of benzene rings is 4. The van der Waals surface area contributed by atoms with Gasteiger partial charge in [0.15, 0.2) is 0 Å². The first-order valence-electron chi connectivity index (χ1n) is 16.6. The Morgan fingerprint density at radius 1 is 0.854 bits per heavy atom. The van der Waals surface area contributed by atoms with Gasteiger partial charge in [-0.25, -0.2) is 4.99 Å². The zero-order chi connectivity index (χ0) is 33.3. The molecule has 0 spiro atoms. The second-order valence-corrected chi connectivity index (χ2v) is 13.1. The van der Waals surface area contributed by atoms with E-state index >= 15 is 0 Å². The van der Waals surface area contributed by atoms with Crippen LogP contribution >= 0.6 is 0 Å². The fraction of sp³-hybridized carbons (Fsp3) is 0.133. The van der Waals surface area contributed by atoms with E-state index in [1.807, 2.05) is 12.1 Å². The zero-order valence-corrected chi connectivity index (χ0v) is 27.9. The van der Waals surface area contributed by atoms with Gasteiger partial charge in [0, 0.05) is 34.4 Å². The summed E-state index contributed by atoms with van der Waals surface area (Å²) < 4.78 is 0. The first kappa shape index (κ1) is 31.0. The van der Waals surface area contributed by atoms with Gasteiger partial charge in [0.05, 0.1) is 17.4 Å². The maximum absolute atomic E-state index is 5.29. The van der Waals surface area contributed by atoms with Crippen LogP contribution in [0.4, 0.5) is 11.4 Å². The van der Waals surface area contributed by atoms with Crippen molar-refractivity contribution in [3.05, 3.63) is 198 Å². The fourth-order valence-electron chi connectivity index (χ4n) is 7.30. The number of nitrogens with zero attached hydrogens (tertiary/aromatic N) is 2. The van der Waals surface area contributed by atoms with E-state index in [0.717, 1.165) is 29.1 Å². The molecule has 0 saturated heterocycles. The van der Waals surface area contributed by atoms with Crippen LogP contribution in [0.3, 0.4) is 0 Å². The molecule has 0 aromatic heterocycles. The van der Waals surface area contributed by atoms with Gasteiger partial charge in [-0.2, -0.15) is 0 Å². The van der Waals surface area contributed by atoms with E-state index in [0.29, 0.717) is 5.82 Å². The maximum Gasteiger partial charge on any atom is 0.130 e. The molecule has 1 N–H and O–H groups in total. The molecule has 1 aliphatic carbocycles. The Labute approximate surface area is 285 Å². The number of hydrogen-bond acceptors (Lipinski definition) is 3. The summed E-state index contributed by atoms with van der Waals surface area (Å²) in [6, 6.07) is 34.7. The molecule has 1 atom stereocenters. The molecule has 0 amide bonds. The standard InChI is InChI=1S/C45H41N3/c1-6-7-10-21-38-30-37-28-29-41-42(45(4,5)44(47-41)36-19-13-9-14-20-36)43(37)48(38)32(3)46-40-23-16-15-22-39(40)31(2)33-24-26-35(27-25-33)34-17-11-8-12-18-34/h6-29,44,47H,1,3,30H2,2,4-5H3/b10-7-,38-21+,39-31+,46-40-. The average Bonchev–Trinajstić information content (AvgIpc) is 3.62. The highest BCUT2D eigenvalue weighted by atomic mass is 15.3. The molecule has 0 fully saturated rings. The number of rotatable bonds is 7. The van der Waals surface area contributed by atoms with E-state index in [2.05, 4.69) is 172 Å². The molecule has 4 aromatic rings. The van der Waals surface area contributed by atoms with Crippen LogP contribution in [-0.4, -0.2) is 5.71 Å². The second kappa shape index (κ2) is 12.8. The van der Waals surface area contributed by atoms with Crippen LogP contribution < -0.4 is 10.2 Å². The topological polar surface area (TPSA) is 27.6 Å². The number of aliphatic imine (C=N–C) groups is 1. The molecule has 0 bridgehead atoms. The van der Waals surface area contributed by atoms with Crippen LogP contribution in [0.15, 0.2) is 181 Å². The Hall–Kier alpha value is -5.67. The minimum absolute atomic E-state index is 0.146. The van der Waals surface area contributed by atoms with Crippen LogP contribution in [-0.2, 0) is 11.8 Å². The van der Waals surface area contributed by atoms with Gasteiger partial charge in [-0.15, -0.1) is 0 Å². The van der Waals surface area contributed by atoms with Gasteiger partial charge in [0.1, 0.15) is 5.82 Å². The van der Waals surface area contributed by atoms with Gasteiger partial charge >= 0.3 is 0 Å². The van der Waals surface area contributed by atoms with Crippen molar-refractivity contribution in [2.45, 2.75) is 38.6 Å². The van der Waals surface area contributed by atoms with Crippen molar-refractivity contribution in [2.75, 3.05) is 10.2 Å². The molecule has 3 aliphatic rings. The SMILES string of the molecule is C=C/C=C\C=C1/Cc2ccc3c(c2N1C(=C)/N=C1/C=CC=C/C1=C(/C)c1ccc(-c2ccccc2)cc1)C(C)(C)C(c1ccccc1)N3. The normalized spacial score (nSPS) is 20.2. The Morgan fingerprint density at radius 3 is 2.27 bits per heavy atom. The molecule has 2 heterocycles. The van der Waals surface area contributed by atoms with Crippen molar-refractivity contribution >= 4 is 22.7 Å². The lowest BCUT2D eigenvalue weighted by molar-refractivity contribution is 0.474. The van der Waals surface area contributed by atoms with E-state index in [-0.39, 0.29) is 11.5 Å². The molecule has 3 nitrogen and oxygen atoms in total. The molecule has 236 valence electrons. The molecule has 48 heavy (non-hydrogen) atoms. The molecule has 2 aliphatic heterocycles. The molecule has 1 unspecified atom stereocenters. The van der Waals surface area contributed by atoms with Gasteiger partial charge in [-0.05, 0) is 58.5 Å². The Bertz CT molecular complexity index is 2070. The third-order valence-electron chi connectivity index (χ3n) is 9.72. The lowest BCUT2D eigenvalue weighted by Crippen LogP contribution is -2.27. The van der Waals surface area contributed by atoms with Crippen molar-refractivity contribution < 1.29 is 0 Å². The molecule has 4 aromatic carbocycles. The van der Waals surface area contributed by atoms with Crippen LogP contribution in [0.1, 0.15) is 49.1 Å². The summed E-state index contributed by atoms with van der Waals surface area (Å²) in [6.07, 6.45) is 17.2. The highest BCUT2D eigenvalue weighted by molar-refractivity contribution is 6.16. The average molecular weight is 624 g/mol. The van der Waals surface area contributed by atoms with Crippen LogP contribution in [0, 0.1) is 0 Å². The summed E-state index contributed by atoms with van der Waals surface area (Å²) in [4.78, 5) is 7.56. The van der Waals surface area contributed by atoms with Crippen molar-refractivity contribution in [1.82, 2.24) is 0 Å². The van der Waals surface area contributed by atoms with Gasteiger partial charge in [-0.1, -0.05) is 154 Å². The number of nitrogens with one attached hydrogen (secondary N) is 1. The van der Waals surface area contributed by atoms with E-state index in [1.165, 1.54) is 44.6 Å². The lowest BCUT2D eigenvalue weighted by Gasteiger charge is -2.32. The summed E-state index contributed by atoms with van der Waals surface area (Å²) in [5.74, 6) is 0.694. The summed E-state index contributed by atoms with van der Waals surface area (Å²) in [7, 11) is 0. The molecular formula is C45H41N3. The Kier molecular flexibility index (Phi) is 8.29. The van der Waals surface area contributed by atoms with Crippen molar-refractivity contribution in [2.24, 2.45) is 4.99 Å². The fourth-order valence-corrected chi connectivity index (χ4v) is 7.30. The summed E-state index contributed by atoms with van der Waals surface area (Å²) in [5, 5.41) is 3.87. The minimum Gasteiger partial charge on any atom is -0.377 e. The monoisotopic (exact) mass is 623 g/mol. The number of anilines is 2. The van der Waals surface area contributed by atoms with E-state index in [9.17, 15) is 0 Å². The first-order chi connectivity index (χ1) is 23.4. The van der Waals surface area contributed by atoms with E-state index in [4.69, 9.17) is 4.99 Å². The van der Waals surface area contributed by atoms with Gasteiger partial charge in [0.25, 0.3) is 0 Å². The van der Waals surface area contributed by atoms with Crippen molar-refractivity contribution in [3.63, 3.8) is 0 Å². The smallest absolute Gasteiger partial charge is 0.130 e. The largest absolute Gasteiger partial charge is 0.377 e. The molecule has 7 rings (SSSR count). The lowest BCUT2D eigenvalue weighted by atomic mass is 9.76. The summed E-state index contributed by atoms with van der Waals surface area (Å²) in [5.41, 5.74) is 13.9. The van der Waals surface area contributed by atoms with Gasteiger partial charge < -0.3 is 5.32 Å². The molecule has 0 radical (unpaired) electrons. The zero-order valence-electron chi connectivity index (χ0n) is 27.9. The third kappa shape index (κ3) is 5.62. The highest BCUT2D eigenvalue weighted by Gasteiger charge is 2.45. The number of fused-ring (bicyclic) bond motifs is 3. The minimum atomic E-state index is -0.179. The maximum atomic E-state index is 5.29. The quantitative estimate of drug-likeness (QED) is 0.207. The van der Waals surface area contributed by atoms with Crippen molar-refractivity contribution in [1.29, 1.82) is 0 Å².